The van der Waals surface area contributed by atoms with Crippen LogP contribution in [0.3, 0.4) is 0 Å². The Labute approximate surface area is 99.5 Å². The van der Waals surface area contributed by atoms with Crippen LogP contribution >= 0.6 is 0 Å². The molecule has 1 heterocycles. The number of hydrogen-bond acceptors (Lipinski definition) is 1. The maximum absolute atomic E-state index is 4.26. The van der Waals surface area contributed by atoms with E-state index < -0.39 is 0 Å². The van der Waals surface area contributed by atoms with Crippen LogP contribution in [0.5, 0.6) is 0 Å². The van der Waals surface area contributed by atoms with Gasteiger partial charge in [0.25, 0.3) is 0 Å². The van der Waals surface area contributed by atoms with Crippen LogP contribution in [0.4, 0.5) is 0 Å². The van der Waals surface area contributed by atoms with Crippen molar-refractivity contribution in [2.24, 2.45) is 0 Å². The average Bonchev–Trinajstić information content (AvgIpc) is 2.42. The number of aryl methyl sites for hydroxylation is 1. The molecule has 0 amide bonds. The Morgan fingerprint density at radius 1 is 1.00 bits per heavy atom. The average molecular weight is 217 g/mol. The summed E-state index contributed by atoms with van der Waals surface area (Å²) < 4.78 is 0. The number of fused-ring (bicyclic) bond motifs is 1. The molecule has 0 saturated carbocycles. The maximum atomic E-state index is 4.26. The molecule has 1 heteroatoms. The summed E-state index contributed by atoms with van der Waals surface area (Å²) in [5.74, 6) is 0. The van der Waals surface area contributed by atoms with E-state index in [4.69, 9.17) is 0 Å². The largest absolute Gasteiger partial charge is 0.256 e. The molecular formula is C15H23N. The van der Waals surface area contributed by atoms with Crippen molar-refractivity contribution < 1.29 is 0 Å². The van der Waals surface area contributed by atoms with Crippen LogP contribution in [0.25, 0.3) is 10.9 Å². The summed E-state index contributed by atoms with van der Waals surface area (Å²) in [6.45, 7) is 10.2. The van der Waals surface area contributed by atoms with Gasteiger partial charge in [-0.3, -0.25) is 4.98 Å². The van der Waals surface area contributed by atoms with E-state index in [9.17, 15) is 0 Å². The van der Waals surface area contributed by atoms with E-state index in [2.05, 4.69) is 36.2 Å². The van der Waals surface area contributed by atoms with E-state index in [0.717, 1.165) is 11.9 Å². The van der Waals surface area contributed by atoms with Crippen molar-refractivity contribution in [3.63, 3.8) is 0 Å². The van der Waals surface area contributed by atoms with Gasteiger partial charge in [0.2, 0.25) is 0 Å². The second-order valence-corrected chi connectivity index (χ2v) is 2.88. The molecule has 1 nitrogen and oxygen atoms in total. The second-order valence-electron chi connectivity index (χ2n) is 2.88. The molecule has 0 aliphatic carbocycles. The van der Waals surface area contributed by atoms with E-state index in [1.54, 1.807) is 0 Å². The third-order valence-electron chi connectivity index (χ3n) is 2.08. The van der Waals surface area contributed by atoms with Gasteiger partial charge in [0.1, 0.15) is 0 Å². The first-order valence-corrected chi connectivity index (χ1v) is 6.24. The number of benzene rings is 1. The zero-order valence-electron chi connectivity index (χ0n) is 11.1. The zero-order chi connectivity index (χ0) is 12.4. The van der Waals surface area contributed by atoms with Crippen molar-refractivity contribution in [1.29, 1.82) is 0 Å². The highest BCUT2D eigenvalue weighted by Gasteiger charge is 1.93. The first-order valence-electron chi connectivity index (χ1n) is 6.24. The van der Waals surface area contributed by atoms with Gasteiger partial charge < -0.3 is 0 Å². The van der Waals surface area contributed by atoms with E-state index in [-0.39, 0.29) is 0 Å². The number of pyridine rings is 1. The van der Waals surface area contributed by atoms with E-state index in [0.29, 0.717) is 0 Å². The normalized spacial score (nSPS) is 8.56. The first kappa shape index (κ1) is 14.6. The van der Waals surface area contributed by atoms with Crippen LogP contribution < -0.4 is 0 Å². The van der Waals surface area contributed by atoms with Crippen molar-refractivity contribution in [3.05, 3.63) is 42.1 Å². The van der Waals surface area contributed by atoms with Crippen molar-refractivity contribution in [1.82, 2.24) is 4.98 Å². The minimum Gasteiger partial charge on any atom is -0.256 e. The zero-order valence-corrected chi connectivity index (χ0v) is 11.1. The number of nitrogens with zero attached hydrogens (tertiary/aromatic N) is 1. The van der Waals surface area contributed by atoms with Crippen LogP contribution in [0.15, 0.2) is 36.5 Å². The van der Waals surface area contributed by atoms with Crippen molar-refractivity contribution in [3.8, 4) is 0 Å². The van der Waals surface area contributed by atoms with Crippen molar-refractivity contribution in [2.75, 3.05) is 0 Å². The molecule has 0 saturated heterocycles. The Hall–Kier alpha value is -1.37. The lowest BCUT2D eigenvalue weighted by Gasteiger charge is -1.98. The molecule has 0 radical (unpaired) electrons. The summed E-state index contributed by atoms with van der Waals surface area (Å²) in [5.41, 5.74) is 2.45. The molecule has 0 aliphatic heterocycles. The molecular weight excluding hydrogens is 194 g/mol. The molecule has 0 fully saturated rings. The molecule has 0 spiro atoms. The molecule has 2 aromatic rings. The molecule has 1 aromatic carbocycles. The molecule has 2 rings (SSSR count). The molecule has 0 aliphatic rings. The van der Waals surface area contributed by atoms with Gasteiger partial charge in [-0.25, -0.2) is 0 Å². The SMILES string of the molecule is CC.CC.CCc1ccc2ncccc2c1. The highest BCUT2D eigenvalue weighted by molar-refractivity contribution is 5.78. The third kappa shape index (κ3) is 4.01. The monoisotopic (exact) mass is 217 g/mol. The summed E-state index contributed by atoms with van der Waals surface area (Å²) in [7, 11) is 0. The topological polar surface area (TPSA) is 12.9 Å². The molecule has 0 unspecified atom stereocenters. The molecule has 0 bridgehead atoms. The van der Waals surface area contributed by atoms with Gasteiger partial charge in [0, 0.05) is 11.6 Å². The Morgan fingerprint density at radius 2 is 1.69 bits per heavy atom. The Kier molecular flexibility index (Phi) is 8.14. The van der Waals surface area contributed by atoms with E-state index >= 15 is 0 Å². The molecule has 88 valence electrons. The van der Waals surface area contributed by atoms with Crippen LogP contribution in [0.2, 0.25) is 0 Å². The summed E-state index contributed by atoms with van der Waals surface area (Å²) in [6, 6.07) is 10.5. The highest BCUT2D eigenvalue weighted by Crippen LogP contribution is 2.13. The summed E-state index contributed by atoms with van der Waals surface area (Å²) in [5, 5.41) is 1.23. The maximum Gasteiger partial charge on any atom is 0.0702 e. The minimum atomic E-state index is 1.08. The Balaban J connectivity index is 0.000000509. The van der Waals surface area contributed by atoms with Gasteiger partial charge in [-0.1, -0.05) is 46.8 Å². The van der Waals surface area contributed by atoms with Gasteiger partial charge in [-0.15, -0.1) is 0 Å². The molecule has 0 N–H and O–H groups in total. The summed E-state index contributed by atoms with van der Waals surface area (Å²) in [6.07, 6.45) is 2.92. The quantitative estimate of drug-likeness (QED) is 0.665. The smallest absolute Gasteiger partial charge is 0.0702 e. The van der Waals surface area contributed by atoms with Gasteiger partial charge in [0.15, 0.2) is 0 Å². The van der Waals surface area contributed by atoms with Crippen LogP contribution in [-0.4, -0.2) is 4.98 Å². The Bertz CT molecular complexity index is 393. The predicted octanol–water partition coefficient (Wildman–Crippen LogP) is 4.85. The van der Waals surface area contributed by atoms with Gasteiger partial charge in [0.05, 0.1) is 5.52 Å². The Morgan fingerprint density at radius 3 is 2.31 bits per heavy atom. The van der Waals surface area contributed by atoms with Crippen molar-refractivity contribution >= 4 is 10.9 Å². The van der Waals surface area contributed by atoms with Gasteiger partial charge in [-0.2, -0.15) is 0 Å². The highest BCUT2D eigenvalue weighted by atomic mass is 14.6. The van der Waals surface area contributed by atoms with Crippen LogP contribution in [-0.2, 0) is 6.42 Å². The number of aromatic nitrogens is 1. The lowest BCUT2D eigenvalue weighted by Crippen LogP contribution is -1.81. The van der Waals surface area contributed by atoms with Gasteiger partial charge >= 0.3 is 0 Å². The lowest BCUT2D eigenvalue weighted by atomic mass is 10.1. The van der Waals surface area contributed by atoms with Gasteiger partial charge in [-0.05, 0) is 30.2 Å². The fourth-order valence-electron chi connectivity index (χ4n) is 1.34. The lowest BCUT2D eigenvalue weighted by molar-refractivity contribution is 1.14. The van der Waals surface area contributed by atoms with Crippen molar-refractivity contribution in [2.45, 2.75) is 41.0 Å². The standard InChI is InChI=1S/C11H11N.2C2H6/c1-2-9-5-6-11-10(8-9)4-3-7-12-11;2*1-2/h3-8H,2H2,1H3;2*1-2H3. The fraction of sp³-hybridized carbons (Fsp3) is 0.400. The van der Waals surface area contributed by atoms with E-state index in [1.807, 2.05) is 40.0 Å². The predicted molar refractivity (Wildman–Crippen MR) is 73.8 cm³/mol. The summed E-state index contributed by atoms with van der Waals surface area (Å²) in [4.78, 5) is 4.26. The van der Waals surface area contributed by atoms with Crippen LogP contribution in [0, 0.1) is 0 Å². The minimum absolute atomic E-state index is 1.08. The number of rotatable bonds is 1. The molecule has 16 heavy (non-hydrogen) atoms. The van der Waals surface area contributed by atoms with Crippen LogP contribution in [0.1, 0.15) is 40.2 Å². The molecule has 0 atom stereocenters. The fourth-order valence-corrected chi connectivity index (χ4v) is 1.34. The second kappa shape index (κ2) is 8.90. The third-order valence-corrected chi connectivity index (χ3v) is 2.08. The van der Waals surface area contributed by atoms with E-state index in [1.165, 1.54) is 10.9 Å². The first-order chi connectivity index (χ1) is 7.90. The molecule has 1 aromatic heterocycles. The summed E-state index contributed by atoms with van der Waals surface area (Å²) >= 11 is 0. The number of hydrogen-bond donors (Lipinski definition) is 0.